The van der Waals surface area contributed by atoms with E-state index in [1.165, 1.54) is 0 Å². The van der Waals surface area contributed by atoms with Gasteiger partial charge in [-0.2, -0.15) is 0 Å². The number of rotatable bonds is 4. The molecule has 0 aliphatic heterocycles. The highest BCUT2D eigenvalue weighted by Crippen LogP contribution is 2.40. The Bertz CT molecular complexity index is 2820. The maximum atomic E-state index is 6.59. The van der Waals surface area contributed by atoms with Crippen LogP contribution in [-0.2, 0) is 0 Å². The van der Waals surface area contributed by atoms with Gasteiger partial charge in [0, 0.05) is 57.5 Å². The molecule has 0 N–H and O–H groups in total. The minimum atomic E-state index is 0.710. The zero-order chi connectivity index (χ0) is 30.9. The molecule has 7 heteroatoms. The Morgan fingerprint density at radius 1 is 0.489 bits per heavy atom. The largest absolute Gasteiger partial charge is 0.457 e. The van der Waals surface area contributed by atoms with Crippen molar-refractivity contribution in [1.82, 2.24) is 28.7 Å². The Labute approximate surface area is 268 Å². The second kappa shape index (κ2) is 9.95. The predicted molar refractivity (Wildman–Crippen MR) is 187 cm³/mol. The van der Waals surface area contributed by atoms with Gasteiger partial charge in [0.2, 0.25) is 0 Å². The molecule has 47 heavy (non-hydrogen) atoms. The fourth-order valence-corrected chi connectivity index (χ4v) is 6.87. The van der Waals surface area contributed by atoms with Gasteiger partial charge in [0.05, 0.1) is 22.4 Å². The summed E-state index contributed by atoms with van der Waals surface area (Å²) in [5.74, 6) is 1.43. The first kappa shape index (κ1) is 25.7. The molecule has 0 saturated carbocycles. The van der Waals surface area contributed by atoms with Crippen LogP contribution in [-0.4, -0.2) is 28.7 Å². The number of nitrogens with zero attached hydrogens (tertiary/aromatic N) is 6. The van der Waals surface area contributed by atoms with Crippen LogP contribution in [0.3, 0.4) is 0 Å². The van der Waals surface area contributed by atoms with Gasteiger partial charge >= 0.3 is 0 Å². The summed E-state index contributed by atoms with van der Waals surface area (Å²) in [4.78, 5) is 19.5. The molecule has 0 bridgehead atoms. The van der Waals surface area contributed by atoms with Crippen molar-refractivity contribution in [3.63, 3.8) is 0 Å². The summed E-state index contributed by atoms with van der Waals surface area (Å²) in [6.07, 6.45) is 7.41. The lowest BCUT2D eigenvalue weighted by atomic mass is 10.0. The molecule has 0 aliphatic rings. The molecular weight excluding hydrogens is 580 g/mol. The van der Waals surface area contributed by atoms with E-state index in [-0.39, 0.29) is 0 Å². The van der Waals surface area contributed by atoms with Gasteiger partial charge in [-0.15, -0.1) is 0 Å². The van der Waals surface area contributed by atoms with Crippen molar-refractivity contribution in [3.8, 4) is 34.0 Å². The molecule has 0 aliphatic carbocycles. The lowest BCUT2D eigenvalue weighted by Gasteiger charge is -2.13. The van der Waals surface area contributed by atoms with Crippen molar-refractivity contribution >= 4 is 54.9 Å². The van der Waals surface area contributed by atoms with E-state index in [4.69, 9.17) is 14.7 Å². The molecule has 220 valence electrons. The standard InChI is InChI=1S/C40H24N6O/c1-3-9-25(10-4-1)35-37(26-11-5-2-6-12-26)46-34-14-8-19-41-36(34)30-18-16-28(24-33(30)40(46)44-35)47-27-15-17-29-31-13-7-20-42-38(31)45-22-21-43-39(45)32(29)23-27/h1-24H. The fourth-order valence-electron chi connectivity index (χ4n) is 6.87. The maximum Gasteiger partial charge on any atom is 0.146 e. The average molecular weight is 605 g/mol. The smallest absolute Gasteiger partial charge is 0.146 e. The third kappa shape index (κ3) is 3.87. The summed E-state index contributed by atoms with van der Waals surface area (Å²) >= 11 is 0. The van der Waals surface area contributed by atoms with Gasteiger partial charge in [0.1, 0.15) is 28.4 Å². The molecule has 0 saturated heterocycles. The fraction of sp³-hybridized carbons (Fsp3) is 0. The summed E-state index contributed by atoms with van der Waals surface area (Å²) in [5, 5.41) is 5.12. The lowest BCUT2D eigenvalue weighted by molar-refractivity contribution is 0.484. The minimum Gasteiger partial charge on any atom is -0.457 e. The number of imidazole rings is 2. The topological polar surface area (TPSA) is 69.6 Å². The van der Waals surface area contributed by atoms with E-state index in [0.29, 0.717) is 5.75 Å². The molecule has 0 amide bonds. The Kier molecular flexibility index (Phi) is 5.44. The van der Waals surface area contributed by atoms with Crippen molar-refractivity contribution in [2.75, 3.05) is 0 Å². The summed E-state index contributed by atoms with van der Waals surface area (Å²) in [6, 6.07) is 41.3. The number of pyridine rings is 4. The zero-order valence-electron chi connectivity index (χ0n) is 24.9. The number of fused-ring (bicyclic) bond motifs is 12. The molecule has 10 rings (SSSR count). The highest BCUT2D eigenvalue weighted by molar-refractivity contribution is 6.13. The Morgan fingerprint density at radius 2 is 1.15 bits per heavy atom. The van der Waals surface area contributed by atoms with E-state index < -0.39 is 0 Å². The van der Waals surface area contributed by atoms with Gasteiger partial charge in [0.25, 0.3) is 0 Å². The SMILES string of the molecule is c1ccc(-c2nc3c4cc(Oc5ccc6c7cccnc7n7ccnc7c6c5)ccc4c4ncccc4n3c2-c2ccccc2)cc1. The van der Waals surface area contributed by atoms with Crippen molar-refractivity contribution in [2.45, 2.75) is 0 Å². The van der Waals surface area contributed by atoms with Crippen LogP contribution in [0.2, 0.25) is 0 Å². The number of ether oxygens (including phenoxy) is 1. The summed E-state index contributed by atoms with van der Waals surface area (Å²) < 4.78 is 10.9. The molecule has 6 aromatic heterocycles. The first-order chi connectivity index (χ1) is 23.3. The monoisotopic (exact) mass is 604 g/mol. The first-order valence-electron chi connectivity index (χ1n) is 15.5. The Morgan fingerprint density at radius 3 is 1.96 bits per heavy atom. The normalized spacial score (nSPS) is 11.8. The highest BCUT2D eigenvalue weighted by atomic mass is 16.5. The van der Waals surface area contributed by atoms with Crippen molar-refractivity contribution in [2.24, 2.45) is 0 Å². The molecule has 7 nitrogen and oxygen atoms in total. The molecule has 0 radical (unpaired) electrons. The van der Waals surface area contributed by atoms with Gasteiger partial charge < -0.3 is 4.74 Å². The maximum absolute atomic E-state index is 6.59. The van der Waals surface area contributed by atoms with Gasteiger partial charge in [-0.25, -0.2) is 15.0 Å². The molecule has 0 spiro atoms. The number of hydrogen-bond acceptors (Lipinski definition) is 5. The summed E-state index contributed by atoms with van der Waals surface area (Å²) in [5.41, 5.74) is 8.55. The van der Waals surface area contributed by atoms with Gasteiger partial charge in [-0.1, -0.05) is 60.7 Å². The minimum absolute atomic E-state index is 0.710. The lowest BCUT2D eigenvalue weighted by Crippen LogP contribution is -1.96. The Balaban J connectivity index is 1.21. The molecule has 4 aromatic carbocycles. The van der Waals surface area contributed by atoms with Gasteiger partial charge in [0.15, 0.2) is 0 Å². The molecule has 6 heterocycles. The second-order valence-electron chi connectivity index (χ2n) is 11.6. The molecule has 0 atom stereocenters. The summed E-state index contributed by atoms with van der Waals surface area (Å²) in [7, 11) is 0. The van der Waals surface area contributed by atoms with Crippen LogP contribution in [0.5, 0.6) is 11.5 Å². The first-order valence-corrected chi connectivity index (χ1v) is 15.5. The third-order valence-electron chi connectivity index (χ3n) is 8.90. The van der Waals surface area contributed by atoms with E-state index in [1.54, 1.807) is 6.20 Å². The van der Waals surface area contributed by atoms with Crippen molar-refractivity contribution in [3.05, 3.63) is 146 Å². The van der Waals surface area contributed by atoms with E-state index in [9.17, 15) is 0 Å². The van der Waals surface area contributed by atoms with Crippen LogP contribution < -0.4 is 4.74 Å². The van der Waals surface area contributed by atoms with Crippen LogP contribution in [0, 0.1) is 0 Å². The molecule has 0 fully saturated rings. The van der Waals surface area contributed by atoms with E-state index in [2.05, 4.69) is 99.3 Å². The van der Waals surface area contributed by atoms with E-state index in [0.717, 1.165) is 83.2 Å². The number of benzene rings is 4. The van der Waals surface area contributed by atoms with Crippen LogP contribution >= 0.6 is 0 Å². The summed E-state index contributed by atoms with van der Waals surface area (Å²) in [6.45, 7) is 0. The van der Waals surface area contributed by atoms with Crippen LogP contribution in [0.15, 0.2) is 146 Å². The van der Waals surface area contributed by atoms with E-state index >= 15 is 0 Å². The van der Waals surface area contributed by atoms with Crippen molar-refractivity contribution < 1.29 is 4.74 Å². The highest BCUT2D eigenvalue weighted by Gasteiger charge is 2.21. The van der Waals surface area contributed by atoms with E-state index in [1.807, 2.05) is 59.4 Å². The average Bonchev–Trinajstić information content (AvgIpc) is 3.80. The van der Waals surface area contributed by atoms with Crippen LogP contribution in [0.1, 0.15) is 0 Å². The van der Waals surface area contributed by atoms with Crippen molar-refractivity contribution in [1.29, 1.82) is 0 Å². The second-order valence-corrected chi connectivity index (χ2v) is 11.6. The number of aromatic nitrogens is 6. The quantitative estimate of drug-likeness (QED) is 0.187. The molecular formula is C40H24N6O. The molecule has 0 unspecified atom stereocenters. The van der Waals surface area contributed by atoms with Crippen LogP contribution in [0.25, 0.3) is 77.4 Å². The zero-order valence-corrected chi connectivity index (χ0v) is 24.9. The van der Waals surface area contributed by atoms with Gasteiger partial charge in [-0.05, 0) is 66.0 Å². The van der Waals surface area contributed by atoms with Gasteiger partial charge in [-0.3, -0.25) is 13.8 Å². The predicted octanol–water partition coefficient (Wildman–Crippen LogP) is 9.51. The molecule has 10 aromatic rings. The van der Waals surface area contributed by atoms with Crippen LogP contribution in [0.4, 0.5) is 0 Å². The Hall–Kier alpha value is -6.60. The third-order valence-corrected chi connectivity index (χ3v) is 8.90. The number of hydrogen-bond donors (Lipinski definition) is 0.